The van der Waals surface area contributed by atoms with Crippen molar-refractivity contribution in [3.63, 3.8) is 0 Å². The maximum Gasteiger partial charge on any atom is 0.0107 e. The molecule has 0 aliphatic carbocycles. The Hall–Kier alpha value is -0.430. The molecule has 1 aromatic carbocycles. The monoisotopic (exact) mass is 220 g/mol. The molecule has 0 saturated heterocycles. The molecule has 0 bridgehead atoms. The van der Waals surface area contributed by atoms with Crippen molar-refractivity contribution >= 4 is 11.8 Å². The SMILES string of the molecule is CC(C)c1ccc2c(c1)SCC(C)(C)C2. The Kier molecular flexibility index (Phi) is 2.85. The van der Waals surface area contributed by atoms with Gasteiger partial charge in [-0.25, -0.2) is 0 Å². The van der Waals surface area contributed by atoms with Crippen LogP contribution in [0.2, 0.25) is 0 Å². The summed E-state index contributed by atoms with van der Waals surface area (Å²) in [7, 11) is 0. The molecule has 82 valence electrons. The van der Waals surface area contributed by atoms with Crippen LogP contribution in [-0.4, -0.2) is 5.75 Å². The molecule has 0 spiro atoms. The van der Waals surface area contributed by atoms with E-state index in [1.54, 1.807) is 5.56 Å². The van der Waals surface area contributed by atoms with E-state index in [-0.39, 0.29) is 0 Å². The van der Waals surface area contributed by atoms with Gasteiger partial charge in [-0.3, -0.25) is 0 Å². The van der Waals surface area contributed by atoms with Crippen LogP contribution in [0, 0.1) is 5.41 Å². The minimum absolute atomic E-state index is 0.469. The number of hydrogen-bond acceptors (Lipinski definition) is 1. The van der Waals surface area contributed by atoms with Gasteiger partial charge >= 0.3 is 0 Å². The zero-order valence-electron chi connectivity index (χ0n) is 10.1. The highest BCUT2D eigenvalue weighted by Gasteiger charge is 2.25. The summed E-state index contributed by atoms with van der Waals surface area (Å²) in [6.45, 7) is 9.25. The Bertz CT molecular complexity index is 364. The first kappa shape index (κ1) is 11.1. The summed E-state index contributed by atoms with van der Waals surface area (Å²) in [6.07, 6.45) is 1.23. The first-order valence-electron chi connectivity index (χ1n) is 5.73. The van der Waals surface area contributed by atoms with Crippen molar-refractivity contribution in [2.45, 2.75) is 44.9 Å². The lowest BCUT2D eigenvalue weighted by Crippen LogP contribution is -2.22. The Labute approximate surface area is 97.5 Å². The molecule has 0 fully saturated rings. The predicted molar refractivity (Wildman–Crippen MR) is 68.7 cm³/mol. The van der Waals surface area contributed by atoms with Crippen molar-refractivity contribution in [2.75, 3.05) is 5.75 Å². The number of hydrogen-bond donors (Lipinski definition) is 0. The molecule has 1 heterocycles. The molecule has 15 heavy (non-hydrogen) atoms. The van der Waals surface area contributed by atoms with E-state index in [1.807, 2.05) is 11.8 Å². The third-order valence-corrected chi connectivity index (χ3v) is 4.66. The molecule has 0 aromatic heterocycles. The van der Waals surface area contributed by atoms with Crippen LogP contribution >= 0.6 is 11.8 Å². The molecular weight excluding hydrogens is 200 g/mol. The van der Waals surface area contributed by atoms with E-state index in [0.717, 1.165) is 0 Å². The first-order chi connectivity index (χ1) is 6.98. The van der Waals surface area contributed by atoms with Gasteiger partial charge in [0.25, 0.3) is 0 Å². The molecule has 0 N–H and O–H groups in total. The summed E-state index contributed by atoms with van der Waals surface area (Å²) < 4.78 is 0. The highest BCUT2D eigenvalue weighted by molar-refractivity contribution is 7.99. The van der Waals surface area contributed by atoms with Crippen LogP contribution in [0.1, 0.15) is 44.7 Å². The Morgan fingerprint density at radius 1 is 1.27 bits per heavy atom. The lowest BCUT2D eigenvalue weighted by Gasteiger charge is -2.31. The Morgan fingerprint density at radius 3 is 2.67 bits per heavy atom. The van der Waals surface area contributed by atoms with Gasteiger partial charge in [-0.1, -0.05) is 39.8 Å². The summed E-state index contributed by atoms with van der Waals surface area (Å²) in [4.78, 5) is 1.51. The predicted octanol–water partition coefficient (Wildman–Crippen LogP) is 4.48. The fourth-order valence-electron chi connectivity index (χ4n) is 2.05. The smallest absolute Gasteiger partial charge is 0.0107 e. The Morgan fingerprint density at radius 2 is 2.00 bits per heavy atom. The molecule has 0 nitrogen and oxygen atoms in total. The summed E-state index contributed by atoms with van der Waals surface area (Å²) in [5, 5.41) is 0. The van der Waals surface area contributed by atoms with Crippen LogP contribution in [0.3, 0.4) is 0 Å². The van der Waals surface area contributed by atoms with Crippen molar-refractivity contribution in [2.24, 2.45) is 5.41 Å². The van der Waals surface area contributed by atoms with Crippen molar-refractivity contribution in [3.8, 4) is 0 Å². The van der Waals surface area contributed by atoms with E-state index in [1.165, 1.54) is 22.6 Å². The minimum atomic E-state index is 0.469. The number of thioether (sulfide) groups is 1. The third-order valence-electron chi connectivity index (χ3n) is 3.05. The molecule has 0 saturated carbocycles. The van der Waals surface area contributed by atoms with Crippen LogP contribution in [0.15, 0.2) is 23.1 Å². The molecule has 0 amide bonds. The molecular formula is C14H20S. The van der Waals surface area contributed by atoms with Gasteiger partial charge in [0, 0.05) is 10.6 Å². The second-order valence-corrected chi connectivity index (χ2v) is 6.67. The van der Waals surface area contributed by atoms with E-state index in [0.29, 0.717) is 11.3 Å². The van der Waals surface area contributed by atoms with Crippen LogP contribution in [0.5, 0.6) is 0 Å². The zero-order valence-corrected chi connectivity index (χ0v) is 10.9. The van der Waals surface area contributed by atoms with Crippen molar-refractivity contribution in [3.05, 3.63) is 29.3 Å². The molecule has 1 aliphatic heterocycles. The largest absolute Gasteiger partial charge is 0.125 e. The number of rotatable bonds is 1. The van der Waals surface area contributed by atoms with Gasteiger partial charge in [-0.05, 0) is 34.9 Å². The standard InChI is InChI=1S/C14H20S/c1-10(2)11-5-6-12-8-14(3,4)9-15-13(12)7-11/h5-7,10H,8-9H2,1-4H3. The van der Waals surface area contributed by atoms with Crippen molar-refractivity contribution in [1.29, 1.82) is 0 Å². The summed E-state index contributed by atoms with van der Waals surface area (Å²) in [5.74, 6) is 1.90. The molecule has 1 aromatic rings. The lowest BCUT2D eigenvalue weighted by molar-refractivity contribution is 0.412. The minimum Gasteiger partial charge on any atom is -0.125 e. The van der Waals surface area contributed by atoms with E-state index in [9.17, 15) is 0 Å². The molecule has 0 atom stereocenters. The second kappa shape index (κ2) is 3.86. The zero-order chi connectivity index (χ0) is 11.1. The number of fused-ring (bicyclic) bond motifs is 1. The molecule has 0 unspecified atom stereocenters. The molecule has 1 aliphatic rings. The Balaban J connectivity index is 2.32. The fraction of sp³-hybridized carbons (Fsp3) is 0.571. The van der Waals surface area contributed by atoms with E-state index >= 15 is 0 Å². The van der Waals surface area contributed by atoms with Gasteiger partial charge in [0.2, 0.25) is 0 Å². The summed E-state index contributed by atoms with van der Waals surface area (Å²) in [6, 6.07) is 7.02. The topological polar surface area (TPSA) is 0 Å². The molecule has 1 heteroatoms. The van der Waals surface area contributed by atoms with E-state index in [2.05, 4.69) is 45.9 Å². The van der Waals surface area contributed by atoms with Crippen LogP contribution in [0.25, 0.3) is 0 Å². The fourth-order valence-corrected chi connectivity index (χ4v) is 3.24. The van der Waals surface area contributed by atoms with Gasteiger partial charge in [0.1, 0.15) is 0 Å². The van der Waals surface area contributed by atoms with Gasteiger partial charge in [-0.2, -0.15) is 0 Å². The van der Waals surface area contributed by atoms with Crippen LogP contribution < -0.4 is 0 Å². The van der Waals surface area contributed by atoms with E-state index < -0.39 is 0 Å². The lowest BCUT2D eigenvalue weighted by atomic mass is 9.86. The van der Waals surface area contributed by atoms with Crippen molar-refractivity contribution in [1.82, 2.24) is 0 Å². The average Bonchev–Trinajstić information content (AvgIpc) is 2.15. The van der Waals surface area contributed by atoms with Gasteiger partial charge in [-0.15, -0.1) is 11.8 Å². The maximum absolute atomic E-state index is 2.39. The third kappa shape index (κ3) is 2.39. The van der Waals surface area contributed by atoms with Crippen LogP contribution in [-0.2, 0) is 6.42 Å². The summed E-state index contributed by atoms with van der Waals surface area (Å²) >= 11 is 2.03. The van der Waals surface area contributed by atoms with Crippen molar-refractivity contribution < 1.29 is 0 Å². The maximum atomic E-state index is 2.39. The summed E-state index contributed by atoms with van der Waals surface area (Å²) in [5.41, 5.74) is 3.48. The second-order valence-electron chi connectivity index (χ2n) is 5.65. The first-order valence-corrected chi connectivity index (χ1v) is 6.72. The average molecular weight is 220 g/mol. The van der Waals surface area contributed by atoms with Crippen LogP contribution in [0.4, 0.5) is 0 Å². The number of benzene rings is 1. The normalized spacial score (nSPS) is 19.0. The highest BCUT2D eigenvalue weighted by atomic mass is 32.2. The van der Waals surface area contributed by atoms with Gasteiger partial charge < -0.3 is 0 Å². The quantitative estimate of drug-likeness (QED) is 0.672. The van der Waals surface area contributed by atoms with E-state index in [4.69, 9.17) is 0 Å². The molecule has 2 rings (SSSR count). The van der Waals surface area contributed by atoms with Gasteiger partial charge in [0.15, 0.2) is 0 Å². The molecule has 0 radical (unpaired) electrons. The van der Waals surface area contributed by atoms with Gasteiger partial charge in [0.05, 0.1) is 0 Å². The highest BCUT2D eigenvalue weighted by Crippen LogP contribution is 2.40.